The first-order chi connectivity index (χ1) is 17.0. The van der Waals surface area contributed by atoms with E-state index in [1.807, 2.05) is 31.2 Å². The molecule has 1 amide bonds. The molecule has 1 N–H and O–H groups in total. The SMILES string of the molecule is CCOc1cccc([C@@H]2C(=C(O)c3ccc4c(c3)OCCO4)C(=O)C(=O)N2CCN(CC)CC)c1. The van der Waals surface area contributed by atoms with Gasteiger partial charge in [0.2, 0.25) is 0 Å². The Balaban J connectivity index is 1.79. The Morgan fingerprint density at radius 1 is 1.06 bits per heavy atom. The molecule has 1 fully saturated rings. The molecule has 4 rings (SSSR count). The minimum absolute atomic E-state index is 0.0554. The molecule has 2 aliphatic rings. The number of ketones is 1. The van der Waals surface area contributed by atoms with Crippen LogP contribution in [-0.4, -0.2) is 72.6 Å². The second-order valence-corrected chi connectivity index (χ2v) is 8.38. The maximum absolute atomic E-state index is 13.3. The Labute approximate surface area is 205 Å². The van der Waals surface area contributed by atoms with Crippen molar-refractivity contribution in [3.63, 3.8) is 0 Å². The predicted octanol–water partition coefficient (Wildman–Crippen LogP) is 3.62. The zero-order valence-electron chi connectivity index (χ0n) is 20.5. The van der Waals surface area contributed by atoms with Gasteiger partial charge in [-0.1, -0.05) is 26.0 Å². The maximum atomic E-state index is 13.3. The molecule has 2 heterocycles. The number of carbonyl (C=O) groups excluding carboxylic acids is 2. The van der Waals surface area contributed by atoms with Crippen molar-refractivity contribution in [1.82, 2.24) is 9.80 Å². The number of rotatable bonds is 9. The first-order valence-electron chi connectivity index (χ1n) is 12.1. The topological polar surface area (TPSA) is 88.5 Å². The van der Waals surface area contributed by atoms with Gasteiger partial charge in [-0.25, -0.2) is 0 Å². The van der Waals surface area contributed by atoms with Crippen LogP contribution in [0.15, 0.2) is 48.0 Å². The molecule has 8 nitrogen and oxygen atoms in total. The molecule has 2 aromatic carbocycles. The number of Topliss-reactive ketones (excluding diaryl/α,β-unsaturated/α-hetero) is 1. The summed E-state index contributed by atoms with van der Waals surface area (Å²) in [5, 5.41) is 11.3. The maximum Gasteiger partial charge on any atom is 0.295 e. The summed E-state index contributed by atoms with van der Waals surface area (Å²) in [5.74, 6) is 0.141. The van der Waals surface area contributed by atoms with Gasteiger partial charge in [0.1, 0.15) is 24.7 Å². The molecule has 186 valence electrons. The molecular weight excluding hydrogens is 448 g/mol. The van der Waals surface area contributed by atoms with Gasteiger partial charge >= 0.3 is 0 Å². The van der Waals surface area contributed by atoms with E-state index in [0.29, 0.717) is 61.3 Å². The molecule has 1 atom stereocenters. The van der Waals surface area contributed by atoms with Gasteiger partial charge in [-0.2, -0.15) is 0 Å². The summed E-state index contributed by atoms with van der Waals surface area (Å²) in [6.07, 6.45) is 0. The summed E-state index contributed by atoms with van der Waals surface area (Å²) in [5.41, 5.74) is 1.15. The Morgan fingerprint density at radius 3 is 2.51 bits per heavy atom. The van der Waals surface area contributed by atoms with E-state index >= 15 is 0 Å². The highest BCUT2D eigenvalue weighted by Gasteiger charge is 2.46. The minimum atomic E-state index is -0.737. The van der Waals surface area contributed by atoms with Gasteiger partial charge in [0.25, 0.3) is 11.7 Å². The molecule has 2 aliphatic heterocycles. The van der Waals surface area contributed by atoms with Gasteiger partial charge in [0.15, 0.2) is 11.5 Å². The van der Waals surface area contributed by atoms with Crippen LogP contribution in [0.5, 0.6) is 17.2 Å². The van der Waals surface area contributed by atoms with Crippen molar-refractivity contribution in [3.8, 4) is 17.2 Å². The number of hydrogen-bond acceptors (Lipinski definition) is 7. The lowest BCUT2D eigenvalue weighted by Crippen LogP contribution is -2.38. The average molecular weight is 481 g/mol. The van der Waals surface area contributed by atoms with Crippen LogP contribution in [0.2, 0.25) is 0 Å². The van der Waals surface area contributed by atoms with E-state index in [1.54, 1.807) is 23.1 Å². The molecule has 35 heavy (non-hydrogen) atoms. The third-order valence-electron chi connectivity index (χ3n) is 6.39. The fraction of sp³-hybridized carbons (Fsp3) is 0.407. The number of carbonyl (C=O) groups is 2. The van der Waals surface area contributed by atoms with Crippen molar-refractivity contribution in [3.05, 3.63) is 59.2 Å². The van der Waals surface area contributed by atoms with Crippen LogP contribution in [0.1, 0.15) is 37.9 Å². The van der Waals surface area contributed by atoms with E-state index in [0.717, 1.165) is 13.1 Å². The van der Waals surface area contributed by atoms with E-state index < -0.39 is 17.7 Å². The molecule has 1 saturated heterocycles. The average Bonchev–Trinajstić information content (AvgIpc) is 3.14. The molecule has 2 aromatic rings. The normalized spacial score (nSPS) is 18.9. The zero-order valence-corrected chi connectivity index (χ0v) is 20.5. The molecule has 0 unspecified atom stereocenters. The Morgan fingerprint density at radius 2 is 1.80 bits per heavy atom. The number of amides is 1. The van der Waals surface area contributed by atoms with Gasteiger partial charge in [0, 0.05) is 18.7 Å². The highest BCUT2D eigenvalue weighted by Crippen LogP contribution is 2.41. The molecule has 0 spiro atoms. The van der Waals surface area contributed by atoms with Gasteiger partial charge < -0.3 is 29.1 Å². The second-order valence-electron chi connectivity index (χ2n) is 8.38. The molecule has 8 heteroatoms. The lowest BCUT2D eigenvalue weighted by Gasteiger charge is -2.28. The van der Waals surface area contributed by atoms with Crippen LogP contribution >= 0.6 is 0 Å². The third kappa shape index (κ3) is 4.98. The van der Waals surface area contributed by atoms with Crippen LogP contribution < -0.4 is 14.2 Å². The number of ether oxygens (including phenoxy) is 3. The minimum Gasteiger partial charge on any atom is -0.507 e. The number of likely N-dealkylation sites (N-methyl/N-ethyl adjacent to an activating group) is 1. The van der Waals surface area contributed by atoms with E-state index in [1.165, 1.54) is 0 Å². The largest absolute Gasteiger partial charge is 0.507 e. The Hall–Kier alpha value is -3.52. The zero-order chi connectivity index (χ0) is 24.9. The lowest BCUT2D eigenvalue weighted by atomic mass is 9.95. The fourth-order valence-corrected chi connectivity index (χ4v) is 4.53. The molecular formula is C27H32N2O6. The summed E-state index contributed by atoms with van der Waals surface area (Å²) >= 11 is 0. The van der Waals surface area contributed by atoms with E-state index in [4.69, 9.17) is 14.2 Å². The number of benzene rings is 2. The molecule has 0 aromatic heterocycles. The molecule has 0 aliphatic carbocycles. The fourth-order valence-electron chi connectivity index (χ4n) is 4.53. The second kappa shape index (κ2) is 10.8. The quantitative estimate of drug-likeness (QED) is 0.333. The number of nitrogens with zero attached hydrogens (tertiary/aromatic N) is 2. The standard InChI is InChI=1S/C27H32N2O6/c1-4-28(5-2)12-13-29-24(18-8-7-9-20(16-18)33-6-3)23(26(31)27(29)32)25(30)19-10-11-21-22(17-19)35-15-14-34-21/h7-11,16-17,24,30H,4-6,12-15H2,1-3H3/t24-/m1/s1. The first kappa shape index (κ1) is 24.6. The monoisotopic (exact) mass is 480 g/mol. The van der Waals surface area contributed by atoms with Crippen molar-refractivity contribution in [2.45, 2.75) is 26.8 Å². The molecule has 0 radical (unpaired) electrons. The number of hydrogen-bond donors (Lipinski definition) is 1. The van der Waals surface area contributed by atoms with Crippen LogP contribution in [0.3, 0.4) is 0 Å². The van der Waals surface area contributed by atoms with Gasteiger partial charge in [0.05, 0.1) is 18.2 Å². The lowest BCUT2D eigenvalue weighted by molar-refractivity contribution is -0.140. The summed E-state index contributed by atoms with van der Waals surface area (Å²) in [6.45, 7) is 9.99. The van der Waals surface area contributed by atoms with Crippen molar-refractivity contribution in [1.29, 1.82) is 0 Å². The van der Waals surface area contributed by atoms with Gasteiger partial charge in [-0.05, 0) is 55.9 Å². The number of aliphatic hydroxyl groups excluding tert-OH is 1. The van der Waals surface area contributed by atoms with Crippen LogP contribution in [0.25, 0.3) is 5.76 Å². The first-order valence-corrected chi connectivity index (χ1v) is 12.1. The number of fused-ring (bicyclic) bond motifs is 1. The van der Waals surface area contributed by atoms with E-state index in [-0.39, 0.29) is 11.3 Å². The number of likely N-dealkylation sites (tertiary alicyclic amines) is 1. The smallest absolute Gasteiger partial charge is 0.295 e. The van der Waals surface area contributed by atoms with Crippen molar-refractivity contribution in [2.75, 3.05) is 46.0 Å². The number of aliphatic hydroxyl groups is 1. The molecule has 0 bridgehead atoms. The van der Waals surface area contributed by atoms with Crippen LogP contribution in [0.4, 0.5) is 0 Å². The summed E-state index contributed by atoms with van der Waals surface area (Å²) in [7, 11) is 0. The summed E-state index contributed by atoms with van der Waals surface area (Å²) in [4.78, 5) is 30.2. The van der Waals surface area contributed by atoms with E-state index in [2.05, 4.69) is 18.7 Å². The highest BCUT2D eigenvalue weighted by molar-refractivity contribution is 6.46. The van der Waals surface area contributed by atoms with Gasteiger partial charge in [-0.15, -0.1) is 0 Å². The van der Waals surface area contributed by atoms with Crippen LogP contribution in [0, 0.1) is 0 Å². The Bertz CT molecular complexity index is 1120. The molecule has 0 saturated carbocycles. The summed E-state index contributed by atoms with van der Waals surface area (Å²) < 4.78 is 16.9. The van der Waals surface area contributed by atoms with Crippen molar-refractivity contribution >= 4 is 17.4 Å². The summed E-state index contributed by atoms with van der Waals surface area (Å²) in [6, 6.07) is 11.6. The predicted molar refractivity (Wildman–Crippen MR) is 132 cm³/mol. The Kier molecular flexibility index (Phi) is 7.60. The van der Waals surface area contributed by atoms with Crippen molar-refractivity contribution in [2.24, 2.45) is 0 Å². The third-order valence-corrected chi connectivity index (χ3v) is 6.39. The van der Waals surface area contributed by atoms with Crippen molar-refractivity contribution < 1.29 is 28.9 Å². The van der Waals surface area contributed by atoms with Crippen LogP contribution in [-0.2, 0) is 9.59 Å². The van der Waals surface area contributed by atoms with E-state index in [9.17, 15) is 14.7 Å². The highest BCUT2D eigenvalue weighted by atomic mass is 16.6. The van der Waals surface area contributed by atoms with Gasteiger partial charge in [-0.3, -0.25) is 9.59 Å².